The number of nitrogens with two attached hydrogens (primary N) is 1. The molecule has 17 heavy (non-hydrogen) atoms. The number of benzene rings is 1. The van der Waals surface area contributed by atoms with Crippen molar-refractivity contribution in [1.29, 1.82) is 0 Å². The monoisotopic (exact) mass is 322 g/mol. The molecule has 0 fully saturated rings. The maximum absolute atomic E-state index is 11.3. The van der Waals surface area contributed by atoms with Gasteiger partial charge in [-0.1, -0.05) is 28.9 Å². The van der Waals surface area contributed by atoms with E-state index < -0.39 is 11.3 Å². The van der Waals surface area contributed by atoms with Gasteiger partial charge in [-0.2, -0.15) is 0 Å². The number of carbonyl (C=O) groups is 1. The summed E-state index contributed by atoms with van der Waals surface area (Å²) in [5.41, 5.74) is 0.586. The Morgan fingerprint density at radius 3 is 2.65 bits per heavy atom. The number of ether oxygens (including phenoxy) is 1. The molecule has 1 unspecified atom stereocenters. The van der Waals surface area contributed by atoms with Crippen LogP contribution in [0.1, 0.15) is 23.7 Å². The van der Waals surface area contributed by atoms with Crippen molar-refractivity contribution in [2.45, 2.75) is 13.3 Å². The molecule has 1 rings (SSSR count). The lowest BCUT2D eigenvalue weighted by Gasteiger charge is -2.02. The third-order valence-corrected chi connectivity index (χ3v) is 1.99. The fraction of sp³-hybridized carbons (Fsp3) is 0.300. The molecule has 0 saturated heterocycles. The Hall–Kier alpha value is -0.760. The second-order valence-electron chi connectivity index (χ2n) is 2.91. The minimum atomic E-state index is -2.36. The van der Waals surface area contributed by atoms with Gasteiger partial charge in [0.15, 0.2) is 0 Å². The third-order valence-electron chi connectivity index (χ3n) is 1.50. The Kier molecular flexibility index (Phi) is 8.87. The van der Waals surface area contributed by atoms with Crippen LogP contribution in [0, 0.1) is 0 Å². The summed E-state index contributed by atoms with van der Waals surface area (Å²) in [6.45, 7) is 2.44. The molecule has 0 bridgehead atoms. The highest BCUT2D eigenvalue weighted by Gasteiger charge is 2.05. The van der Waals surface area contributed by atoms with Gasteiger partial charge in [0.1, 0.15) is 0 Å². The number of hydrogen-bond acceptors (Lipinski definition) is 4. The Morgan fingerprint density at radius 2 is 2.18 bits per heavy atom. The first-order valence-electron chi connectivity index (χ1n) is 4.73. The van der Waals surface area contributed by atoms with E-state index in [2.05, 4.69) is 21.1 Å². The van der Waals surface area contributed by atoms with Gasteiger partial charge in [-0.15, -0.1) is 0 Å². The van der Waals surface area contributed by atoms with Crippen LogP contribution >= 0.6 is 15.9 Å². The zero-order valence-corrected chi connectivity index (χ0v) is 11.6. The molecule has 2 N–H and O–H groups in total. The molecule has 1 atom stereocenters. The van der Waals surface area contributed by atoms with Crippen LogP contribution < -0.4 is 5.14 Å². The average Bonchev–Trinajstić information content (AvgIpc) is 2.25. The fourth-order valence-corrected chi connectivity index (χ4v) is 1.29. The molecule has 5 nitrogen and oxygen atoms in total. The van der Waals surface area contributed by atoms with Crippen molar-refractivity contribution < 1.29 is 18.3 Å². The number of halogens is 1. The van der Waals surface area contributed by atoms with Gasteiger partial charge in [0.2, 0.25) is 0 Å². The minimum absolute atomic E-state index is 0.261. The minimum Gasteiger partial charge on any atom is -0.760 e. The van der Waals surface area contributed by atoms with Crippen LogP contribution in [0.4, 0.5) is 0 Å². The summed E-state index contributed by atoms with van der Waals surface area (Å²) in [5.74, 6) is -0.261. The zero-order valence-electron chi connectivity index (χ0n) is 9.22. The van der Waals surface area contributed by atoms with Crippen LogP contribution in [0.3, 0.4) is 0 Å². The Morgan fingerprint density at radius 1 is 1.59 bits per heavy atom. The third kappa shape index (κ3) is 8.99. The van der Waals surface area contributed by atoms with E-state index in [0.29, 0.717) is 12.2 Å². The molecule has 96 valence electrons. The molecule has 1 aromatic carbocycles. The van der Waals surface area contributed by atoms with Gasteiger partial charge in [-0.25, -0.2) is 4.79 Å². The number of carbonyl (C=O) groups excluding carboxylic acids is 1. The van der Waals surface area contributed by atoms with E-state index >= 15 is 0 Å². The summed E-state index contributed by atoms with van der Waals surface area (Å²) in [5, 5.41) is 4.03. The van der Waals surface area contributed by atoms with Crippen LogP contribution in [-0.2, 0) is 16.0 Å². The summed E-state index contributed by atoms with van der Waals surface area (Å²) in [7, 11) is 0. The molecule has 7 heteroatoms. The van der Waals surface area contributed by atoms with Crippen molar-refractivity contribution in [2.75, 3.05) is 6.61 Å². The fourth-order valence-electron chi connectivity index (χ4n) is 0.894. The van der Waals surface area contributed by atoms with E-state index in [0.717, 1.165) is 10.9 Å². The summed E-state index contributed by atoms with van der Waals surface area (Å²) >= 11 is 0.930. The molecule has 1 aromatic rings. The molecule has 0 aromatic heterocycles. The highest BCUT2D eigenvalue weighted by molar-refractivity contribution is 9.10. The predicted octanol–water partition coefficient (Wildman–Crippen LogP) is 1.76. The van der Waals surface area contributed by atoms with Crippen molar-refractivity contribution in [1.82, 2.24) is 0 Å². The van der Waals surface area contributed by atoms with Crippen molar-refractivity contribution in [2.24, 2.45) is 5.14 Å². The van der Waals surface area contributed by atoms with Gasteiger partial charge < -0.3 is 9.29 Å². The summed E-state index contributed by atoms with van der Waals surface area (Å²) < 4.78 is 23.4. The van der Waals surface area contributed by atoms with Gasteiger partial charge in [0.05, 0.1) is 12.2 Å². The topological polar surface area (TPSA) is 92.5 Å². The van der Waals surface area contributed by atoms with Gasteiger partial charge in [-0.3, -0.25) is 9.35 Å². The summed E-state index contributed by atoms with van der Waals surface area (Å²) in [6, 6.07) is 7.17. The molecule has 0 spiro atoms. The molecule has 0 amide bonds. The van der Waals surface area contributed by atoms with Crippen LogP contribution in [0.2, 0.25) is 0 Å². The molecule has 0 aliphatic heterocycles. The standard InChI is InChI=1S/C10H11BrO2.H3NO2S/c1-2-6-13-10(12)8-4-3-5-9(11)7-8;1-4(2)3/h3-5,7H,2,6H2,1H3;1H2,(H,2,3)/p-1. The van der Waals surface area contributed by atoms with Crippen LogP contribution in [0.5, 0.6) is 0 Å². The van der Waals surface area contributed by atoms with Crippen molar-refractivity contribution in [3.63, 3.8) is 0 Å². The summed E-state index contributed by atoms with van der Waals surface area (Å²) in [6.07, 6.45) is 0.847. The van der Waals surface area contributed by atoms with E-state index in [1.54, 1.807) is 12.1 Å². The van der Waals surface area contributed by atoms with E-state index in [-0.39, 0.29) is 5.97 Å². The zero-order chi connectivity index (χ0) is 13.3. The first-order valence-corrected chi connectivity index (χ1v) is 6.66. The molecule has 0 saturated carbocycles. The maximum atomic E-state index is 11.3. The van der Waals surface area contributed by atoms with Crippen molar-refractivity contribution >= 4 is 33.2 Å². The molecule has 0 aliphatic carbocycles. The maximum Gasteiger partial charge on any atom is 0.338 e. The molecular weight excluding hydrogens is 310 g/mol. The largest absolute Gasteiger partial charge is 0.760 e. The van der Waals surface area contributed by atoms with E-state index in [4.69, 9.17) is 13.5 Å². The van der Waals surface area contributed by atoms with E-state index in [9.17, 15) is 4.79 Å². The Bertz CT molecular complexity index is 382. The molecule has 0 aliphatic rings. The Balaban J connectivity index is 0.000000557. The normalized spacial score (nSPS) is 11.1. The highest BCUT2D eigenvalue weighted by atomic mass is 79.9. The lowest BCUT2D eigenvalue weighted by atomic mass is 10.2. The van der Waals surface area contributed by atoms with Gasteiger partial charge >= 0.3 is 5.97 Å². The number of esters is 1. The molecule has 0 radical (unpaired) electrons. The first-order chi connectivity index (χ1) is 7.97. The van der Waals surface area contributed by atoms with Crippen LogP contribution in [-0.4, -0.2) is 21.3 Å². The Labute approximate surface area is 111 Å². The van der Waals surface area contributed by atoms with Crippen molar-refractivity contribution in [3.05, 3.63) is 34.3 Å². The quantitative estimate of drug-likeness (QED) is 0.677. The smallest absolute Gasteiger partial charge is 0.338 e. The number of rotatable bonds is 3. The van der Waals surface area contributed by atoms with E-state index in [1.165, 1.54) is 0 Å². The molecule has 0 heterocycles. The van der Waals surface area contributed by atoms with Gasteiger partial charge in [0.25, 0.3) is 0 Å². The van der Waals surface area contributed by atoms with Gasteiger partial charge in [0, 0.05) is 15.7 Å². The van der Waals surface area contributed by atoms with Gasteiger partial charge in [-0.05, 0) is 24.6 Å². The van der Waals surface area contributed by atoms with Crippen molar-refractivity contribution in [3.8, 4) is 0 Å². The SMILES string of the molecule is CCCOC(=O)c1cccc(Br)c1.NS(=O)[O-]. The summed E-state index contributed by atoms with van der Waals surface area (Å²) in [4.78, 5) is 11.3. The highest BCUT2D eigenvalue weighted by Crippen LogP contribution is 2.12. The van der Waals surface area contributed by atoms with Crippen LogP contribution in [0.25, 0.3) is 0 Å². The predicted molar refractivity (Wildman–Crippen MR) is 67.8 cm³/mol. The average molecular weight is 323 g/mol. The lowest BCUT2D eigenvalue weighted by Crippen LogP contribution is -2.05. The second kappa shape index (κ2) is 9.29. The van der Waals surface area contributed by atoms with Crippen LogP contribution in [0.15, 0.2) is 28.7 Å². The lowest BCUT2D eigenvalue weighted by molar-refractivity contribution is 0.0505. The van der Waals surface area contributed by atoms with E-state index in [1.807, 2.05) is 19.1 Å². The second-order valence-corrected chi connectivity index (χ2v) is 4.34. The first kappa shape index (κ1) is 16.2. The number of hydrogen-bond donors (Lipinski definition) is 1. The molecular formula is C10H13BrNO4S-.